The second kappa shape index (κ2) is 20.7. The summed E-state index contributed by atoms with van der Waals surface area (Å²) >= 11 is 3.06. The van der Waals surface area contributed by atoms with Gasteiger partial charge in [-0.25, -0.2) is 0 Å². The molecule has 12 rings (SSSR count). The van der Waals surface area contributed by atoms with Crippen LogP contribution in [0.2, 0.25) is 0 Å². The summed E-state index contributed by atoms with van der Waals surface area (Å²) in [5.41, 5.74) is 2.24. The molecular formula is C55H78N6O4S2. The van der Waals surface area contributed by atoms with E-state index in [9.17, 15) is 19.2 Å². The largest absolute Gasteiger partial charge is 0.353 e. The summed E-state index contributed by atoms with van der Waals surface area (Å²) in [6.45, 7) is 18.6. The van der Waals surface area contributed by atoms with Crippen molar-refractivity contribution in [1.82, 2.24) is 23.4 Å². The molecule has 4 amide bonds. The monoisotopic (exact) mass is 952 g/mol. The number of amides is 4. The summed E-state index contributed by atoms with van der Waals surface area (Å²) in [7, 11) is 0. The van der Waals surface area contributed by atoms with Crippen molar-refractivity contribution >= 4 is 74.7 Å². The number of imide groups is 2. The second-order valence-corrected chi connectivity index (χ2v) is 23.2. The van der Waals surface area contributed by atoms with Crippen molar-refractivity contribution in [3.63, 3.8) is 0 Å². The first-order valence-corrected chi connectivity index (χ1v) is 27.4. The van der Waals surface area contributed by atoms with Gasteiger partial charge in [0.1, 0.15) is 5.82 Å². The maximum atomic E-state index is 13.3. The number of nitrogens with zero attached hydrogens (tertiary/aromatic N) is 6. The molecule has 0 radical (unpaired) electrons. The minimum Gasteiger partial charge on any atom is -0.353 e. The van der Waals surface area contributed by atoms with Crippen LogP contribution in [0.3, 0.4) is 0 Å². The average Bonchev–Trinajstić information content (AvgIpc) is 4.25. The highest BCUT2D eigenvalue weighted by molar-refractivity contribution is 7.13. The number of fused-ring (bicyclic) bond motifs is 11. The van der Waals surface area contributed by atoms with Crippen LogP contribution in [0.15, 0.2) is 37.4 Å². The molecule has 12 atom stereocenters. The standard InChI is InChI=1S/C28H38N4O2S.C18H27NO2.C8H7NS.CH4.H2/c1-3-22-23(4-2)35-29-26(22)31-13-11-30(12-14-31)16-20-7-5-6-8-21(20)17-32-27(33)24-18-9-10-19(15-18)25(24)28(32)34;1-2-11-5-3-4-6-14(11)10-19-17(20)15-12-7-8-13(9-12)16(15)18(19)21;1-6-7-4-2-3-5-8(7)10-9-6;;/h3-4,18-21,24-25H,1-2,5-17H2;11-16H,2-10H2,1H3;2-5H,1H3;1H4;1H/t18-,19+,20-,21-,24+,25-;11-,12-,13+,14+,15+,16-;;;/m01.../s1/i;;;;1+1. The summed E-state index contributed by atoms with van der Waals surface area (Å²) in [5.74, 6) is 6.25. The number of hydrogen-bond acceptors (Lipinski definition) is 10. The molecule has 3 aliphatic heterocycles. The van der Waals surface area contributed by atoms with Gasteiger partial charge in [0.05, 0.1) is 38.9 Å². The van der Waals surface area contributed by atoms with Crippen molar-refractivity contribution in [2.24, 2.45) is 71.0 Å². The lowest BCUT2D eigenvalue weighted by atomic mass is 9.77. The third-order valence-electron chi connectivity index (χ3n) is 18.4. The van der Waals surface area contributed by atoms with Crippen LogP contribution in [-0.2, 0) is 19.2 Å². The smallest absolute Gasteiger partial charge is 0.233 e. The number of aromatic nitrogens is 2. The van der Waals surface area contributed by atoms with Gasteiger partial charge < -0.3 is 4.90 Å². The van der Waals surface area contributed by atoms with E-state index in [1.165, 1.54) is 85.8 Å². The maximum Gasteiger partial charge on any atom is 0.233 e. The first-order valence-electron chi connectivity index (χ1n) is 25.9. The summed E-state index contributed by atoms with van der Waals surface area (Å²) in [5, 5.41) is 1.28. The van der Waals surface area contributed by atoms with Crippen molar-refractivity contribution in [2.45, 2.75) is 118 Å². The fourth-order valence-corrected chi connectivity index (χ4v) is 16.5. The van der Waals surface area contributed by atoms with E-state index in [2.05, 4.69) is 50.8 Å². The fourth-order valence-electron chi connectivity index (χ4n) is 15.0. The molecule has 3 aromatic rings. The van der Waals surface area contributed by atoms with Crippen molar-refractivity contribution in [3.05, 3.63) is 53.6 Å². The van der Waals surface area contributed by atoms with Gasteiger partial charge in [0, 0.05) is 58.2 Å². The quantitative estimate of drug-likeness (QED) is 0.185. The number of likely N-dealkylation sites (tertiary alicyclic amines) is 2. The van der Waals surface area contributed by atoms with Crippen molar-refractivity contribution < 1.29 is 20.6 Å². The molecule has 12 heteroatoms. The minimum atomic E-state index is 0. The zero-order chi connectivity index (χ0) is 45.6. The van der Waals surface area contributed by atoms with E-state index in [0.717, 1.165) is 99.2 Å². The van der Waals surface area contributed by atoms with E-state index in [0.29, 0.717) is 48.0 Å². The van der Waals surface area contributed by atoms with Crippen LogP contribution in [0, 0.1) is 77.9 Å². The molecule has 9 fully saturated rings. The number of rotatable bonds is 10. The van der Waals surface area contributed by atoms with Gasteiger partial charge in [-0.3, -0.25) is 33.9 Å². The number of benzene rings is 1. The van der Waals surface area contributed by atoms with E-state index in [-0.39, 0.29) is 56.2 Å². The Balaban J connectivity index is 0.000000159. The SMILES string of the molecule is C.C=Cc1snc(N2CCN(C[C@@H]3CCCC[C@H]3CN3C(=O)[C@@H]4[C@H]5CC[C@H](C5)[C@@H]4C3=O)CC2)c1C=C.CC[C@@H]1CCCC[C@H]1CN1C(=O)[C@@H]2[C@H]3CC[C@H](C3)[C@@H]2C1=O.Cc1nsc2ccccc12.[2HH]. The highest BCUT2D eigenvalue weighted by atomic mass is 32.1. The number of hydrogen-bond donors (Lipinski definition) is 0. The topological polar surface area (TPSA) is 107 Å². The maximum absolute atomic E-state index is 13.3. The molecule has 3 saturated heterocycles. The lowest BCUT2D eigenvalue weighted by Gasteiger charge is -2.40. The Morgan fingerprint density at radius 3 is 1.58 bits per heavy atom. The lowest BCUT2D eigenvalue weighted by Crippen LogP contribution is -2.50. The molecule has 0 N–H and O–H groups in total. The van der Waals surface area contributed by atoms with Crippen LogP contribution in [-0.4, -0.2) is 92.9 Å². The Hall–Kier alpha value is -3.74. The zero-order valence-corrected chi connectivity index (χ0v) is 41.1. The third-order valence-corrected chi connectivity index (χ3v) is 20.1. The minimum absolute atomic E-state index is 0. The van der Waals surface area contributed by atoms with Crippen molar-refractivity contribution in [2.75, 3.05) is 50.7 Å². The first-order chi connectivity index (χ1) is 32.2. The van der Waals surface area contributed by atoms with Crippen LogP contribution in [0.5, 0.6) is 0 Å². The van der Waals surface area contributed by atoms with Gasteiger partial charge in [-0.1, -0.05) is 90.3 Å². The van der Waals surface area contributed by atoms with Crippen molar-refractivity contribution in [1.29, 1.82) is 0 Å². The Bertz CT molecular complexity index is 2250. The molecular weight excluding hydrogens is 873 g/mol. The van der Waals surface area contributed by atoms with Gasteiger partial charge in [0.15, 0.2) is 0 Å². The van der Waals surface area contributed by atoms with Gasteiger partial charge in [0.25, 0.3) is 0 Å². The molecule has 1 aromatic carbocycles. The van der Waals surface area contributed by atoms with Gasteiger partial charge in [-0.15, -0.1) is 0 Å². The van der Waals surface area contributed by atoms with Crippen LogP contribution < -0.4 is 4.90 Å². The molecule has 0 unspecified atom stereocenters. The van der Waals surface area contributed by atoms with Gasteiger partial charge in [-0.2, -0.15) is 8.75 Å². The number of carbonyl (C=O) groups is 4. The lowest BCUT2D eigenvalue weighted by molar-refractivity contribution is -0.143. The van der Waals surface area contributed by atoms with Gasteiger partial charge in [-0.05, 0) is 147 Å². The molecule has 9 aliphatic rings. The van der Waals surface area contributed by atoms with Crippen LogP contribution in [0.1, 0.15) is 128 Å². The van der Waals surface area contributed by atoms with Crippen LogP contribution >= 0.6 is 23.1 Å². The van der Waals surface area contributed by atoms with E-state index in [1.54, 1.807) is 21.3 Å². The Morgan fingerprint density at radius 1 is 0.627 bits per heavy atom. The van der Waals surface area contributed by atoms with Gasteiger partial charge >= 0.3 is 0 Å². The summed E-state index contributed by atoms with van der Waals surface area (Å²) in [6, 6.07) is 8.29. The number of anilines is 1. The normalized spacial score (nSPS) is 34.1. The Labute approximate surface area is 409 Å². The molecule has 10 nitrogen and oxygen atoms in total. The predicted octanol–water partition coefficient (Wildman–Crippen LogP) is 11.1. The molecule has 364 valence electrons. The Kier molecular flexibility index (Phi) is 14.9. The van der Waals surface area contributed by atoms with Crippen LogP contribution in [0.25, 0.3) is 22.2 Å². The molecule has 6 aliphatic carbocycles. The molecule has 4 bridgehead atoms. The molecule has 67 heavy (non-hydrogen) atoms. The third kappa shape index (κ3) is 9.14. The predicted molar refractivity (Wildman–Crippen MR) is 274 cm³/mol. The summed E-state index contributed by atoms with van der Waals surface area (Å²) in [4.78, 5) is 61.5. The number of piperazine rings is 1. The first kappa shape index (κ1) is 48.3. The van der Waals surface area contributed by atoms with Gasteiger partial charge in [0.2, 0.25) is 23.6 Å². The average molecular weight is 952 g/mol. The molecule has 0 spiro atoms. The number of aryl methyl sites for hydroxylation is 1. The molecule has 5 heterocycles. The van der Waals surface area contributed by atoms with E-state index in [4.69, 9.17) is 0 Å². The van der Waals surface area contributed by atoms with E-state index >= 15 is 0 Å². The van der Waals surface area contributed by atoms with E-state index in [1.807, 2.05) is 31.2 Å². The molecule has 6 saturated carbocycles. The highest BCUT2D eigenvalue weighted by Crippen LogP contribution is 2.57. The molecule has 2 aromatic heterocycles. The number of carbonyl (C=O) groups excluding carboxylic acids is 4. The summed E-state index contributed by atoms with van der Waals surface area (Å²) < 4.78 is 10.2. The van der Waals surface area contributed by atoms with E-state index < -0.39 is 0 Å². The van der Waals surface area contributed by atoms with Crippen LogP contribution in [0.4, 0.5) is 5.82 Å². The second-order valence-electron chi connectivity index (χ2n) is 21.6. The zero-order valence-electron chi connectivity index (χ0n) is 39.5. The van der Waals surface area contributed by atoms with Crippen molar-refractivity contribution in [3.8, 4) is 0 Å². The Morgan fingerprint density at radius 2 is 1.10 bits per heavy atom. The highest BCUT2D eigenvalue weighted by Gasteiger charge is 2.62. The fraction of sp³-hybridized carbons (Fsp3) is 0.673. The summed E-state index contributed by atoms with van der Waals surface area (Å²) in [6.07, 6.45) is 21.8.